The standard InChI is InChI=1S/C15H16N2O4/c1-2-21-11-5-3-4-10(8-11)17-13-6-7-20-9-12(13)14(16-17)15(18)19/h3-5,8H,2,6-7,9H2,1H3,(H,18,19). The van der Waals surface area contributed by atoms with Crippen LogP contribution < -0.4 is 4.74 Å². The van der Waals surface area contributed by atoms with Crippen LogP contribution in [0.15, 0.2) is 24.3 Å². The summed E-state index contributed by atoms with van der Waals surface area (Å²) in [7, 11) is 0. The van der Waals surface area contributed by atoms with Crippen molar-refractivity contribution in [1.29, 1.82) is 0 Å². The minimum atomic E-state index is -1.03. The molecule has 1 aliphatic rings. The van der Waals surface area contributed by atoms with Gasteiger partial charge < -0.3 is 14.6 Å². The van der Waals surface area contributed by atoms with Crippen molar-refractivity contribution in [2.45, 2.75) is 20.0 Å². The lowest BCUT2D eigenvalue weighted by Crippen LogP contribution is -2.13. The van der Waals surface area contributed by atoms with Crippen LogP contribution in [-0.2, 0) is 17.8 Å². The SMILES string of the molecule is CCOc1cccc(-n2nc(C(=O)O)c3c2CCOC3)c1. The first-order valence-electron chi connectivity index (χ1n) is 6.85. The van der Waals surface area contributed by atoms with E-state index in [1.54, 1.807) is 4.68 Å². The highest BCUT2D eigenvalue weighted by atomic mass is 16.5. The number of fused-ring (bicyclic) bond motifs is 1. The zero-order valence-corrected chi connectivity index (χ0v) is 11.7. The fraction of sp³-hybridized carbons (Fsp3) is 0.333. The summed E-state index contributed by atoms with van der Waals surface area (Å²) in [6.07, 6.45) is 0.647. The molecule has 1 aromatic carbocycles. The normalized spacial score (nSPS) is 13.8. The third kappa shape index (κ3) is 2.50. The second-order valence-corrected chi connectivity index (χ2v) is 4.72. The maximum absolute atomic E-state index is 11.3. The van der Waals surface area contributed by atoms with Crippen LogP contribution >= 0.6 is 0 Å². The summed E-state index contributed by atoms with van der Waals surface area (Å²) in [5.74, 6) is -0.292. The van der Waals surface area contributed by atoms with Crippen LogP contribution in [0, 0.1) is 0 Å². The van der Waals surface area contributed by atoms with Crippen molar-refractivity contribution in [3.05, 3.63) is 41.2 Å². The van der Waals surface area contributed by atoms with E-state index in [1.807, 2.05) is 31.2 Å². The fourth-order valence-electron chi connectivity index (χ4n) is 2.49. The van der Waals surface area contributed by atoms with Gasteiger partial charge in [-0.25, -0.2) is 9.48 Å². The van der Waals surface area contributed by atoms with E-state index >= 15 is 0 Å². The minimum Gasteiger partial charge on any atom is -0.494 e. The zero-order chi connectivity index (χ0) is 14.8. The Balaban J connectivity index is 2.10. The molecule has 2 aromatic rings. The molecule has 0 radical (unpaired) electrons. The molecule has 0 aliphatic carbocycles. The van der Waals surface area contributed by atoms with Crippen molar-refractivity contribution in [3.63, 3.8) is 0 Å². The van der Waals surface area contributed by atoms with E-state index < -0.39 is 5.97 Å². The molecule has 21 heavy (non-hydrogen) atoms. The molecule has 0 bridgehead atoms. The molecule has 1 aliphatic heterocycles. The van der Waals surface area contributed by atoms with Gasteiger partial charge in [-0.1, -0.05) is 6.07 Å². The number of aromatic carboxylic acids is 1. The molecule has 1 N–H and O–H groups in total. The number of hydrogen-bond donors (Lipinski definition) is 1. The lowest BCUT2D eigenvalue weighted by Gasteiger charge is -2.15. The molecule has 6 heteroatoms. The number of benzene rings is 1. The Hall–Kier alpha value is -2.34. The van der Waals surface area contributed by atoms with Crippen molar-refractivity contribution in [1.82, 2.24) is 9.78 Å². The van der Waals surface area contributed by atoms with E-state index in [1.165, 1.54) is 0 Å². The quantitative estimate of drug-likeness (QED) is 0.932. The van der Waals surface area contributed by atoms with Gasteiger partial charge in [-0.3, -0.25) is 0 Å². The van der Waals surface area contributed by atoms with E-state index in [0.717, 1.165) is 17.1 Å². The van der Waals surface area contributed by atoms with Crippen LogP contribution in [0.1, 0.15) is 28.7 Å². The first-order chi connectivity index (χ1) is 10.2. The molecular weight excluding hydrogens is 272 g/mol. The van der Waals surface area contributed by atoms with Gasteiger partial charge in [0, 0.05) is 18.1 Å². The Morgan fingerprint density at radius 3 is 3.14 bits per heavy atom. The third-order valence-electron chi connectivity index (χ3n) is 3.40. The van der Waals surface area contributed by atoms with Crippen LogP contribution in [0.5, 0.6) is 5.75 Å². The molecule has 6 nitrogen and oxygen atoms in total. The first-order valence-corrected chi connectivity index (χ1v) is 6.85. The largest absolute Gasteiger partial charge is 0.494 e. The number of ether oxygens (including phenoxy) is 2. The number of carboxylic acid groups (broad SMARTS) is 1. The lowest BCUT2D eigenvalue weighted by atomic mass is 10.1. The van der Waals surface area contributed by atoms with E-state index in [0.29, 0.717) is 31.8 Å². The molecule has 0 unspecified atom stereocenters. The summed E-state index contributed by atoms with van der Waals surface area (Å²) in [5.41, 5.74) is 2.42. The Bertz CT molecular complexity index is 678. The Kier molecular flexibility index (Phi) is 3.62. The van der Waals surface area contributed by atoms with Gasteiger partial charge in [-0.05, 0) is 19.1 Å². The van der Waals surface area contributed by atoms with Crippen LogP contribution in [-0.4, -0.2) is 34.1 Å². The number of carbonyl (C=O) groups is 1. The van der Waals surface area contributed by atoms with Gasteiger partial charge in [-0.2, -0.15) is 5.10 Å². The van der Waals surface area contributed by atoms with E-state index in [9.17, 15) is 9.90 Å². The summed E-state index contributed by atoms with van der Waals surface area (Å²) in [6.45, 7) is 3.36. The highest BCUT2D eigenvalue weighted by Crippen LogP contribution is 2.25. The summed E-state index contributed by atoms with van der Waals surface area (Å²) >= 11 is 0. The predicted octanol–water partition coefficient (Wildman–Crippen LogP) is 2.04. The monoisotopic (exact) mass is 288 g/mol. The molecule has 0 saturated heterocycles. The first kappa shape index (κ1) is 13.6. The van der Waals surface area contributed by atoms with Gasteiger partial charge in [0.1, 0.15) is 5.75 Å². The van der Waals surface area contributed by atoms with Crippen LogP contribution in [0.4, 0.5) is 0 Å². The molecular formula is C15H16N2O4. The van der Waals surface area contributed by atoms with Gasteiger partial charge in [0.25, 0.3) is 0 Å². The average molecular weight is 288 g/mol. The van der Waals surface area contributed by atoms with Gasteiger partial charge in [-0.15, -0.1) is 0 Å². The number of aromatic nitrogens is 2. The number of carboxylic acids is 1. The summed E-state index contributed by atoms with van der Waals surface area (Å²) in [5, 5.41) is 13.5. The van der Waals surface area contributed by atoms with Crippen molar-refractivity contribution >= 4 is 5.97 Å². The van der Waals surface area contributed by atoms with Gasteiger partial charge >= 0.3 is 5.97 Å². The number of nitrogens with zero attached hydrogens (tertiary/aromatic N) is 2. The average Bonchev–Trinajstić information content (AvgIpc) is 2.88. The van der Waals surface area contributed by atoms with Crippen molar-refractivity contribution < 1.29 is 19.4 Å². The zero-order valence-electron chi connectivity index (χ0n) is 11.7. The third-order valence-corrected chi connectivity index (χ3v) is 3.40. The molecule has 0 amide bonds. The summed E-state index contributed by atoms with van der Waals surface area (Å²) in [4.78, 5) is 11.3. The number of hydrogen-bond acceptors (Lipinski definition) is 4. The smallest absolute Gasteiger partial charge is 0.356 e. The van der Waals surface area contributed by atoms with Crippen LogP contribution in [0.25, 0.3) is 5.69 Å². The van der Waals surface area contributed by atoms with Gasteiger partial charge in [0.15, 0.2) is 5.69 Å². The van der Waals surface area contributed by atoms with E-state index in [2.05, 4.69) is 5.10 Å². The van der Waals surface area contributed by atoms with E-state index in [4.69, 9.17) is 9.47 Å². The molecule has 0 fully saturated rings. The molecule has 0 spiro atoms. The molecule has 1 aromatic heterocycles. The Morgan fingerprint density at radius 1 is 1.52 bits per heavy atom. The Morgan fingerprint density at radius 2 is 2.38 bits per heavy atom. The molecule has 110 valence electrons. The molecule has 3 rings (SSSR count). The number of rotatable bonds is 4. The molecule has 2 heterocycles. The summed E-state index contributed by atoms with van der Waals surface area (Å²) < 4.78 is 12.5. The maximum Gasteiger partial charge on any atom is 0.356 e. The second-order valence-electron chi connectivity index (χ2n) is 4.72. The topological polar surface area (TPSA) is 73.6 Å². The predicted molar refractivity (Wildman–Crippen MR) is 75.1 cm³/mol. The molecule has 0 atom stereocenters. The molecule has 0 saturated carbocycles. The van der Waals surface area contributed by atoms with Gasteiger partial charge in [0.05, 0.1) is 31.2 Å². The van der Waals surface area contributed by atoms with Crippen LogP contribution in [0.3, 0.4) is 0 Å². The fourth-order valence-corrected chi connectivity index (χ4v) is 2.49. The van der Waals surface area contributed by atoms with Crippen molar-refractivity contribution in [3.8, 4) is 11.4 Å². The van der Waals surface area contributed by atoms with Crippen LogP contribution in [0.2, 0.25) is 0 Å². The van der Waals surface area contributed by atoms with Crippen molar-refractivity contribution in [2.75, 3.05) is 13.2 Å². The summed E-state index contributed by atoms with van der Waals surface area (Å²) in [6, 6.07) is 7.48. The van der Waals surface area contributed by atoms with Crippen molar-refractivity contribution in [2.24, 2.45) is 0 Å². The minimum absolute atomic E-state index is 0.0616. The Labute approximate surface area is 121 Å². The highest BCUT2D eigenvalue weighted by Gasteiger charge is 2.25. The van der Waals surface area contributed by atoms with Gasteiger partial charge in [0.2, 0.25) is 0 Å². The second kappa shape index (κ2) is 5.57. The highest BCUT2D eigenvalue weighted by molar-refractivity contribution is 5.87. The maximum atomic E-state index is 11.3. The van der Waals surface area contributed by atoms with E-state index in [-0.39, 0.29) is 5.69 Å². The lowest BCUT2D eigenvalue weighted by molar-refractivity contribution is 0.0677.